The van der Waals surface area contributed by atoms with Gasteiger partial charge in [0.2, 0.25) is 0 Å². The van der Waals surface area contributed by atoms with E-state index in [0.717, 1.165) is 37.2 Å². The zero-order valence-corrected chi connectivity index (χ0v) is 15.4. The van der Waals surface area contributed by atoms with Gasteiger partial charge >= 0.3 is 0 Å². The molecule has 1 aromatic rings. The first kappa shape index (κ1) is 18.4. The van der Waals surface area contributed by atoms with Crippen LogP contribution in [-0.2, 0) is 0 Å². The summed E-state index contributed by atoms with van der Waals surface area (Å²) in [6, 6.07) is 4.37. The highest BCUT2D eigenvalue weighted by atomic mass is 19.2. The second-order valence-electron chi connectivity index (χ2n) is 8.02. The van der Waals surface area contributed by atoms with E-state index in [1.807, 2.05) is 0 Å². The smallest absolute Gasteiger partial charge is 0.159 e. The van der Waals surface area contributed by atoms with Crippen molar-refractivity contribution in [2.24, 2.45) is 17.8 Å². The van der Waals surface area contributed by atoms with Crippen LogP contribution in [0.25, 0.3) is 0 Å². The molecule has 1 aromatic carbocycles. The van der Waals surface area contributed by atoms with E-state index < -0.39 is 11.6 Å². The number of rotatable bonds is 3. The summed E-state index contributed by atoms with van der Waals surface area (Å²) >= 11 is 0. The van der Waals surface area contributed by atoms with Crippen molar-refractivity contribution < 1.29 is 8.78 Å². The Kier molecular flexibility index (Phi) is 6.51. The summed E-state index contributed by atoms with van der Waals surface area (Å²) in [5.41, 5.74) is 0.944. The molecule has 2 saturated carbocycles. The molecule has 0 bridgehead atoms. The summed E-state index contributed by atoms with van der Waals surface area (Å²) in [5.74, 6) is 8.04. The molecule has 0 aromatic heterocycles. The minimum absolute atomic E-state index is 0.359. The summed E-state index contributed by atoms with van der Waals surface area (Å²) in [4.78, 5) is 0. The quantitative estimate of drug-likeness (QED) is 0.526. The topological polar surface area (TPSA) is 0 Å². The molecular formula is C23H30F2. The summed E-state index contributed by atoms with van der Waals surface area (Å²) in [5, 5.41) is 0. The fraction of sp³-hybridized carbons (Fsp3) is 0.652. The molecule has 0 nitrogen and oxygen atoms in total. The van der Waals surface area contributed by atoms with Gasteiger partial charge < -0.3 is 0 Å². The lowest BCUT2D eigenvalue weighted by Crippen LogP contribution is -2.15. The average molecular weight is 344 g/mol. The van der Waals surface area contributed by atoms with Crippen LogP contribution < -0.4 is 0 Å². The normalized spacial score (nSPS) is 29.7. The van der Waals surface area contributed by atoms with Gasteiger partial charge in [-0.3, -0.25) is 0 Å². The van der Waals surface area contributed by atoms with Gasteiger partial charge in [0.05, 0.1) is 0 Å². The molecule has 0 unspecified atom stereocenters. The van der Waals surface area contributed by atoms with Crippen molar-refractivity contribution in [2.45, 2.75) is 77.0 Å². The van der Waals surface area contributed by atoms with Gasteiger partial charge in [-0.2, -0.15) is 0 Å². The van der Waals surface area contributed by atoms with Crippen LogP contribution in [0.3, 0.4) is 0 Å². The van der Waals surface area contributed by atoms with Crippen LogP contribution in [0.1, 0.15) is 82.6 Å². The highest BCUT2D eigenvalue weighted by Gasteiger charge is 2.23. The number of benzene rings is 1. The summed E-state index contributed by atoms with van der Waals surface area (Å²) < 4.78 is 26.5. The third-order valence-corrected chi connectivity index (χ3v) is 6.18. The van der Waals surface area contributed by atoms with Crippen LogP contribution in [0.15, 0.2) is 18.2 Å². The Labute approximate surface area is 151 Å². The zero-order chi connectivity index (χ0) is 17.6. The fourth-order valence-electron chi connectivity index (χ4n) is 4.58. The van der Waals surface area contributed by atoms with Gasteiger partial charge in [0.25, 0.3) is 0 Å². The molecule has 0 atom stereocenters. The Morgan fingerprint density at radius 3 is 2.00 bits per heavy atom. The van der Waals surface area contributed by atoms with Gasteiger partial charge in [-0.25, -0.2) is 8.78 Å². The van der Waals surface area contributed by atoms with Crippen molar-refractivity contribution in [1.29, 1.82) is 0 Å². The van der Waals surface area contributed by atoms with Crippen molar-refractivity contribution >= 4 is 0 Å². The average Bonchev–Trinajstić information content (AvgIpc) is 2.64. The van der Waals surface area contributed by atoms with E-state index >= 15 is 0 Å². The van der Waals surface area contributed by atoms with Gasteiger partial charge in [0, 0.05) is 11.8 Å². The van der Waals surface area contributed by atoms with E-state index in [1.165, 1.54) is 50.7 Å². The molecule has 25 heavy (non-hydrogen) atoms. The molecule has 2 aliphatic rings. The van der Waals surface area contributed by atoms with Crippen LogP contribution in [0, 0.1) is 41.2 Å². The highest BCUT2D eigenvalue weighted by molar-refractivity contribution is 5.23. The van der Waals surface area contributed by atoms with Gasteiger partial charge in [0.1, 0.15) is 0 Å². The molecule has 3 rings (SSSR count). The second-order valence-corrected chi connectivity index (χ2v) is 8.02. The first-order valence-corrected chi connectivity index (χ1v) is 10.1. The first-order chi connectivity index (χ1) is 12.2. The van der Waals surface area contributed by atoms with Crippen molar-refractivity contribution in [3.8, 4) is 11.8 Å². The SMILES string of the molecule is CCCC1CCC(C#CC2CCC(c3ccc(F)c(F)c3)CC2)CC1. The fourth-order valence-corrected chi connectivity index (χ4v) is 4.58. The van der Waals surface area contributed by atoms with Crippen LogP contribution >= 0.6 is 0 Å². The van der Waals surface area contributed by atoms with Gasteiger partial charge in [0.15, 0.2) is 11.6 Å². The zero-order valence-electron chi connectivity index (χ0n) is 15.4. The third-order valence-electron chi connectivity index (χ3n) is 6.18. The standard InChI is InChI=1S/C23H30F2/c1-2-3-17-4-6-18(7-5-17)8-9-19-10-12-20(13-11-19)21-14-15-22(24)23(25)16-21/h14-20H,2-7,10-13H2,1H3. The molecule has 0 aliphatic heterocycles. The number of hydrogen-bond donors (Lipinski definition) is 0. The van der Waals surface area contributed by atoms with E-state index in [0.29, 0.717) is 17.8 Å². The molecule has 2 heteroatoms. The molecule has 0 saturated heterocycles. The predicted molar refractivity (Wildman–Crippen MR) is 99.2 cm³/mol. The van der Waals surface area contributed by atoms with E-state index in [9.17, 15) is 8.78 Å². The third kappa shape index (κ3) is 5.06. The Morgan fingerprint density at radius 2 is 1.44 bits per heavy atom. The number of halogens is 2. The maximum atomic E-state index is 13.4. The van der Waals surface area contributed by atoms with E-state index in [1.54, 1.807) is 6.07 Å². The van der Waals surface area contributed by atoms with Gasteiger partial charge in [-0.05, 0) is 80.9 Å². The Balaban J connectivity index is 1.46. The molecule has 0 N–H and O–H groups in total. The molecule has 2 aliphatic carbocycles. The Bertz CT molecular complexity index is 609. The minimum Gasteiger partial charge on any atom is -0.204 e. The minimum atomic E-state index is -0.753. The predicted octanol–water partition coefficient (Wildman–Crippen LogP) is 6.85. The van der Waals surface area contributed by atoms with Crippen molar-refractivity contribution in [3.05, 3.63) is 35.4 Å². The van der Waals surface area contributed by atoms with Gasteiger partial charge in [-0.15, -0.1) is 0 Å². The Hall–Kier alpha value is -1.36. The lowest BCUT2D eigenvalue weighted by atomic mass is 9.77. The summed E-state index contributed by atoms with van der Waals surface area (Å²) in [7, 11) is 0. The van der Waals surface area contributed by atoms with E-state index in [-0.39, 0.29) is 0 Å². The van der Waals surface area contributed by atoms with Crippen molar-refractivity contribution in [1.82, 2.24) is 0 Å². The lowest BCUT2D eigenvalue weighted by molar-refractivity contribution is 0.299. The van der Waals surface area contributed by atoms with Crippen molar-refractivity contribution in [2.75, 3.05) is 0 Å². The summed E-state index contributed by atoms with van der Waals surface area (Å²) in [6.07, 6.45) is 12.2. The monoisotopic (exact) mass is 344 g/mol. The maximum absolute atomic E-state index is 13.4. The van der Waals surface area contributed by atoms with Crippen LogP contribution in [0.2, 0.25) is 0 Å². The van der Waals surface area contributed by atoms with E-state index in [4.69, 9.17) is 0 Å². The Morgan fingerprint density at radius 1 is 0.840 bits per heavy atom. The van der Waals surface area contributed by atoms with Crippen LogP contribution in [0.5, 0.6) is 0 Å². The van der Waals surface area contributed by atoms with Crippen molar-refractivity contribution in [3.63, 3.8) is 0 Å². The van der Waals surface area contributed by atoms with Crippen LogP contribution in [-0.4, -0.2) is 0 Å². The summed E-state index contributed by atoms with van der Waals surface area (Å²) in [6.45, 7) is 2.28. The lowest BCUT2D eigenvalue weighted by Gasteiger charge is -2.27. The molecule has 136 valence electrons. The molecule has 2 fully saturated rings. The van der Waals surface area contributed by atoms with Gasteiger partial charge in [-0.1, -0.05) is 37.7 Å². The number of hydrogen-bond acceptors (Lipinski definition) is 0. The first-order valence-electron chi connectivity index (χ1n) is 10.1. The van der Waals surface area contributed by atoms with E-state index in [2.05, 4.69) is 18.8 Å². The molecule has 0 heterocycles. The largest absolute Gasteiger partial charge is 0.204 e. The highest BCUT2D eigenvalue weighted by Crippen LogP contribution is 2.36. The second kappa shape index (κ2) is 8.84. The van der Waals surface area contributed by atoms with Crippen LogP contribution in [0.4, 0.5) is 8.78 Å². The molecule has 0 spiro atoms. The molecule has 0 amide bonds. The molecule has 0 radical (unpaired) electrons. The molecular weight excluding hydrogens is 314 g/mol. The maximum Gasteiger partial charge on any atom is 0.159 e.